The van der Waals surface area contributed by atoms with Gasteiger partial charge in [-0.05, 0) is 37.8 Å². The topological polar surface area (TPSA) is 67.7 Å². The highest BCUT2D eigenvalue weighted by Gasteiger charge is 2.53. The second-order valence-corrected chi connectivity index (χ2v) is 7.62. The van der Waals surface area contributed by atoms with E-state index in [0.29, 0.717) is 24.7 Å². The zero-order valence-corrected chi connectivity index (χ0v) is 15.5. The van der Waals surface area contributed by atoms with Gasteiger partial charge in [0.2, 0.25) is 0 Å². The maximum absolute atomic E-state index is 13.5. The Hall–Kier alpha value is -2.83. The van der Waals surface area contributed by atoms with E-state index in [1.54, 1.807) is 9.58 Å². The van der Waals surface area contributed by atoms with Gasteiger partial charge in [-0.2, -0.15) is 5.10 Å². The van der Waals surface area contributed by atoms with Crippen LogP contribution in [-0.2, 0) is 4.74 Å². The van der Waals surface area contributed by atoms with Crippen LogP contribution in [0.1, 0.15) is 40.6 Å². The van der Waals surface area contributed by atoms with Gasteiger partial charge in [-0.1, -0.05) is 18.2 Å². The average molecular weight is 366 g/mol. The van der Waals surface area contributed by atoms with Crippen molar-refractivity contribution in [2.24, 2.45) is 5.92 Å². The zero-order chi connectivity index (χ0) is 18.7. The normalized spacial score (nSPS) is 22.0. The number of carbonyl (C=O) groups excluding carboxylic acids is 2. The van der Waals surface area contributed by atoms with Crippen molar-refractivity contribution in [3.05, 3.63) is 47.3 Å². The quantitative estimate of drug-likeness (QED) is 0.837. The van der Waals surface area contributed by atoms with Crippen LogP contribution in [0.5, 0.6) is 0 Å². The van der Waals surface area contributed by atoms with Crippen molar-refractivity contribution < 1.29 is 14.3 Å². The van der Waals surface area contributed by atoms with Gasteiger partial charge in [-0.3, -0.25) is 4.79 Å². The fraction of sp³-hybridized carbons (Fsp3) is 0.450. The van der Waals surface area contributed by atoms with Crippen molar-refractivity contribution in [2.75, 3.05) is 20.2 Å². The molecule has 2 amide bonds. The minimum atomic E-state index is -0.329. The molecule has 2 aromatic rings. The number of para-hydroxylation sites is 1. The largest absolute Gasteiger partial charge is 0.453 e. The Bertz CT molecular complexity index is 913. The number of hydrogen-bond donors (Lipinski definition) is 0. The number of likely N-dealkylation sites (tertiary alicyclic amines) is 1. The summed E-state index contributed by atoms with van der Waals surface area (Å²) in [5.74, 6) is 0.523. The number of fused-ring (bicyclic) bond motifs is 1. The van der Waals surface area contributed by atoms with E-state index in [1.165, 1.54) is 7.11 Å². The van der Waals surface area contributed by atoms with Crippen molar-refractivity contribution in [3.63, 3.8) is 0 Å². The molecule has 1 aromatic heterocycles. The third kappa shape index (κ3) is 2.37. The monoisotopic (exact) mass is 366 g/mol. The summed E-state index contributed by atoms with van der Waals surface area (Å²) in [6.07, 6.45) is 1.94. The summed E-state index contributed by atoms with van der Waals surface area (Å²) >= 11 is 0. The van der Waals surface area contributed by atoms with Crippen molar-refractivity contribution in [2.45, 2.75) is 31.8 Å². The summed E-state index contributed by atoms with van der Waals surface area (Å²) in [7, 11) is 1.39. The van der Waals surface area contributed by atoms with Gasteiger partial charge in [0.05, 0.1) is 30.6 Å². The second kappa shape index (κ2) is 5.84. The number of carbonyl (C=O) groups is 2. The average Bonchev–Trinajstić information content (AvgIpc) is 3.37. The Balaban J connectivity index is 1.52. The first-order chi connectivity index (χ1) is 13.1. The lowest BCUT2D eigenvalue weighted by Crippen LogP contribution is -2.62. The molecule has 0 N–H and O–H groups in total. The molecule has 0 bridgehead atoms. The van der Waals surface area contributed by atoms with Crippen LogP contribution in [0.2, 0.25) is 0 Å². The van der Waals surface area contributed by atoms with Gasteiger partial charge in [0.25, 0.3) is 5.91 Å². The first kappa shape index (κ1) is 16.4. The summed E-state index contributed by atoms with van der Waals surface area (Å²) in [5.41, 5.74) is 3.58. The Labute approximate surface area is 157 Å². The van der Waals surface area contributed by atoms with Gasteiger partial charge in [0.15, 0.2) is 0 Å². The van der Waals surface area contributed by atoms with E-state index in [2.05, 4.69) is 0 Å². The SMILES string of the molecule is COC(=O)N1CC(N2C(=O)c3c(c(C)nn3-c3ccccc3)C2C2CC2)C1. The molecule has 1 saturated carbocycles. The maximum Gasteiger partial charge on any atom is 0.409 e. The predicted molar refractivity (Wildman–Crippen MR) is 97.7 cm³/mol. The molecule has 0 radical (unpaired) electrons. The number of benzene rings is 1. The van der Waals surface area contributed by atoms with Gasteiger partial charge in [0, 0.05) is 18.7 Å². The maximum atomic E-state index is 13.5. The van der Waals surface area contributed by atoms with Crippen molar-refractivity contribution >= 4 is 12.0 Å². The van der Waals surface area contributed by atoms with E-state index in [9.17, 15) is 9.59 Å². The van der Waals surface area contributed by atoms with Gasteiger partial charge >= 0.3 is 6.09 Å². The Morgan fingerprint density at radius 2 is 1.89 bits per heavy atom. The van der Waals surface area contributed by atoms with Crippen LogP contribution in [0.3, 0.4) is 0 Å². The number of aromatic nitrogens is 2. The van der Waals surface area contributed by atoms with E-state index < -0.39 is 0 Å². The number of methoxy groups -OCH3 is 1. The van der Waals surface area contributed by atoms with Crippen LogP contribution in [0.25, 0.3) is 5.69 Å². The molecule has 3 heterocycles. The summed E-state index contributed by atoms with van der Waals surface area (Å²) in [5, 5.41) is 4.69. The third-order valence-corrected chi connectivity index (χ3v) is 5.90. The third-order valence-electron chi connectivity index (χ3n) is 5.90. The summed E-state index contributed by atoms with van der Waals surface area (Å²) in [4.78, 5) is 28.8. The molecule has 0 spiro atoms. The smallest absolute Gasteiger partial charge is 0.409 e. The minimum Gasteiger partial charge on any atom is -0.453 e. The molecule has 1 atom stereocenters. The lowest BCUT2D eigenvalue weighted by Gasteiger charge is -2.45. The van der Waals surface area contributed by atoms with Crippen molar-refractivity contribution in [1.29, 1.82) is 0 Å². The van der Waals surface area contributed by atoms with E-state index >= 15 is 0 Å². The summed E-state index contributed by atoms with van der Waals surface area (Å²) < 4.78 is 6.58. The number of ether oxygens (including phenoxy) is 1. The van der Waals surface area contributed by atoms with Gasteiger partial charge in [0.1, 0.15) is 5.69 Å². The second-order valence-electron chi connectivity index (χ2n) is 7.62. The molecule has 27 heavy (non-hydrogen) atoms. The molecule has 5 rings (SSSR count). The number of rotatable bonds is 3. The lowest BCUT2D eigenvalue weighted by atomic mass is 10.00. The first-order valence-electron chi connectivity index (χ1n) is 9.40. The molecule has 1 aromatic carbocycles. The first-order valence-corrected chi connectivity index (χ1v) is 9.40. The highest BCUT2D eigenvalue weighted by atomic mass is 16.5. The molecular formula is C20H22N4O3. The fourth-order valence-electron chi connectivity index (χ4n) is 4.42. The number of hydrogen-bond acceptors (Lipinski definition) is 4. The van der Waals surface area contributed by atoms with Crippen molar-refractivity contribution in [3.8, 4) is 5.69 Å². The molecule has 2 aliphatic heterocycles. The van der Waals surface area contributed by atoms with Crippen LogP contribution in [0.15, 0.2) is 30.3 Å². The molecular weight excluding hydrogens is 344 g/mol. The molecule has 7 heteroatoms. The zero-order valence-electron chi connectivity index (χ0n) is 15.5. The van der Waals surface area contributed by atoms with Gasteiger partial charge in [-0.15, -0.1) is 0 Å². The molecule has 3 aliphatic rings. The summed E-state index contributed by atoms with van der Waals surface area (Å²) in [6.45, 7) is 3.05. The highest BCUT2D eigenvalue weighted by Crippen LogP contribution is 2.52. The van der Waals surface area contributed by atoms with Gasteiger partial charge in [-0.25, -0.2) is 9.48 Å². The van der Waals surface area contributed by atoms with Crippen molar-refractivity contribution in [1.82, 2.24) is 19.6 Å². The number of amides is 2. The standard InChI is InChI=1S/C20H22N4O3/c1-12-16-17(13-8-9-13)23(15-10-22(11-15)20(26)27-2)19(25)18(16)24(21-12)14-6-4-3-5-7-14/h3-7,13,15,17H,8-11H2,1-2H3. The van der Waals surface area contributed by atoms with E-state index in [1.807, 2.05) is 42.2 Å². The van der Waals surface area contributed by atoms with E-state index in [0.717, 1.165) is 29.8 Å². The number of nitrogens with zero attached hydrogens (tertiary/aromatic N) is 4. The van der Waals surface area contributed by atoms with E-state index in [4.69, 9.17) is 9.84 Å². The highest BCUT2D eigenvalue weighted by molar-refractivity contribution is 5.99. The Morgan fingerprint density at radius 3 is 2.52 bits per heavy atom. The minimum absolute atomic E-state index is 0.0286. The molecule has 1 aliphatic carbocycles. The predicted octanol–water partition coefficient (Wildman–Crippen LogP) is 2.54. The molecule has 2 fully saturated rings. The van der Waals surface area contributed by atoms with Crippen LogP contribution in [0, 0.1) is 12.8 Å². The molecule has 1 saturated heterocycles. The van der Waals surface area contributed by atoms with E-state index in [-0.39, 0.29) is 24.1 Å². The van der Waals surface area contributed by atoms with Crippen LogP contribution >= 0.6 is 0 Å². The summed E-state index contributed by atoms with van der Waals surface area (Å²) in [6, 6.07) is 9.92. The Kier molecular flexibility index (Phi) is 3.54. The molecule has 140 valence electrons. The van der Waals surface area contributed by atoms with Crippen LogP contribution in [0.4, 0.5) is 4.79 Å². The number of aryl methyl sites for hydroxylation is 1. The molecule has 1 unspecified atom stereocenters. The molecule has 7 nitrogen and oxygen atoms in total. The fourth-order valence-corrected chi connectivity index (χ4v) is 4.42. The lowest BCUT2D eigenvalue weighted by molar-refractivity contribution is 0.0110. The Morgan fingerprint density at radius 1 is 1.19 bits per heavy atom. The van der Waals surface area contributed by atoms with Gasteiger partial charge < -0.3 is 14.5 Å². The van der Waals surface area contributed by atoms with Crippen LogP contribution in [-0.4, -0.2) is 57.8 Å². The van der Waals surface area contributed by atoms with Crippen LogP contribution < -0.4 is 0 Å².